The van der Waals surface area contributed by atoms with Gasteiger partial charge in [-0.3, -0.25) is 0 Å². The highest BCUT2D eigenvalue weighted by atomic mass is 19.1. The van der Waals surface area contributed by atoms with Gasteiger partial charge in [-0.25, -0.2) is 14.8 Å². The first-order chi connectivity index (χ1) is 6.31. The van der Waals surface area contributed by atoms with E-state index in [2.05, 4.69) is 20.8 Å². The predicted molar refractivity (Wildman–Crippen MR) is 48.7 cm³/mol. The smallest absolute Gasteiger partial charge is 0.149 e. The number of nitrogens with one attached hydrogen (secondary N) is 3. The maximum Gasteiger partial charge on any atom is 0.149 e. The molecule has 0 aliphatic carbocycles. The number of fused-ring (bicyclic) bond motifs is 1. The summed E-state index contributed by atoms with van der Waals surface area (Å²) in [6, 6.07) is 3.04. The Morgan fingerprint density at radius 1 is 1.46 bits per heavy atom. The molecule has 0 atom stereocenters. The largest absolute Gasteiger partial charge is 0.345 e. The first kappa shape index (κ1) is 8.00. The van der Waals surface area contributed by atoms with Gasteiger partial charge in [0.1, 0.15) is 5.82 Å². The molecule has 5 heteroatoms. The van der Waals surface area contributed by atoms with Crippen molar-refractivity contribution in [3.8, 4) is 0 Å². The molecule has 0 unspecified atom stereocenters. The van der Waals surface area contributed by atoms with Crippen LogP contribution in [0, 0.1) is 5.82 Å². The van der Waals surface area contributed by atoms with E-state index in [1.165, 1.54) is 12.4 Å². The number of H-pyrrole nitrogens is 1. The van der Waals surface area contributed by atoms with Crippen molar-refractivity contribution >= 4 is 16.7 Å². The number of aromatic nitrogens is 2. The second-order valence-corrected chi connectivity index (χ2v) is 2.63. The Labute approximate surface area is 74.1 Å². The first-order valence-electron chi connectivity index (χ1n) is 3.86. The van der Waals surface area contributed by atoms with Crippen molar-refractivity contribution in [2.45, 2.75) is 0 Å². The van der Waals surface area contributed by atoms with Crippen molar-refractivity contribution in [1.82, 2.24) is 15.4 Å². The Morgan fingerprint density at radius 3 is 3.08 bits per heavy atom. The summed E-state index contributed by atoms with van der Waals surface area (Å²) in [5, 5.41) is 0. The van der Waals surface area contributed by atoms with Gasteiger partial charge < -0.3 is 10.4 Å². The third kappa shape index (κ3) is 1.33. The zero-order valence-electron chi connectivity index (χ0n) is 7.06. The van der Waals surface area contributed by atoms with Crippen molar-refractivity contribution in [3.63, 3.8) is 0 Å². The molecular weight excluding hydrogens is 171 g/mol. The minimum Gasteiger partial charge on any atom is -0.345 e. The van der Waals surface area contributed by atoms with Crippen LogP contribution >= 0.6 is 0 Å². The quantitative estimate of drug-likeness (QED) is 0.609. The third-order valence-electron chi connectivity index (χ3n) is 1.77. The van der Waals surface area contributed by atoms with E-state index in [0.29, 0.717) is 11.2 Å². The fraction of sp³-hybridized carbons (Fsp3) is 0.125. The summed E-state index contributed by atoms with van der Waals surface area (Å²) in [6.45, 7) is 0. The molecular formula is C8H9FN4. The van der Waals surface area contributed by atoms with Gasteiger partial charge in [0.05, 0.1) is 23.0 Å². The number of halogens is 1. The Hall–Kier alpha value is -1.62. The van der Waals surface area contributed by atoms with E-state index in [0.717, 1.165) is 5.52 Å². The Balaban J connectivity index is 2.56. The van der Waals surface area contributed by atoms with Crippen LogP contribution in [0.1, 0.15) is 0 Å². The number of anilines is 1. The number of benzene rings is 1. The lowest BCUT2D eigenvalue weighted by Crippen LogP contribution is -2.15. The number of hydrazine groups is 1. The lowest BCUT2D eigenvalue weighted by Gasteiger charge is -2.04. The van der Waals surface area contributed by atoms with Crippen LogP contribution in [-0.2, 0) is 0 Å². The lowest BCUT2D eigenvalue weighted by molar-refractivity contribution is 0.630. The zero-order chi connectivity index (χ0) is 9.26. The molecule has 13 heavy (non-hydrogen) atoms. The van der Waals surface area contributed by atoms with Gasteiger partial charge in [0, 0.05) is 13.1 Å². The van der Waals surface area contributed by atoms with Crippen LogP contribution < -0.4 is 10.9 Å². The molecule has 0 fully saturated rings. The molecule has 1 aromatic heterocycles. The molecule has 3 N–H and O–H groups in total. The third-order valence-corrected chi connectivity index (χ3v) is 1.77. The number of hydrogen-bond acceptors (Lipinski definition) is 3. The summed E-state index contributed by atoms with van der Waals surface area (Å²) in [5.41, 5.74) is 7.15. The summed E-state index contributed by atoms with van der Waals surface area (Å²) in [4.78, 5) is 6.84. The normalized spacial score (nSPS) is 10.6. The van der Waals surface area contributed by atoms with Crippen molar-refractivity contribution < 1.29 is 4.39 Å². The van der Waals surface area contributed by atoms with Crippen LogP contribution in [0.15, 0.2) is 18.5 Å². The van der Waals surface area contributed by atoms with Crippen LogP contribution in [0.25, 0.3) is 11.0 Å². The molecule has 0 saturated heterocycles. The number of nitrogens with zero attached hydrogens (tertiary/aromatic N) is 1. The van der Waals surface area contributed by atoms with Gasteiger partial charge in [0.25, 0.3) is 0 Å². The Bertz CT molecular complexity index is 423. The monoisotopic (exact) mass is 180 g/mol. The van der Waals surface area contributed by atoms with E-state index in [9.17, 15) is 4.39 Å². The molecule has 0 aliphatic rings. The van der Waals surface area contributed by atoms with Crippen molar-refractivity contribution in [2.24, 2.45) is 0 Å². The lowest BCUT2D eigenvalue weighted by atomic mass is 10.2. The van der Waals surface area contributed by atoms with Gasteiger partial charge in [0.2, 0.25) is 0 Å². The van der Waals surface area contributed by atoms with E-state index in [4.69, 9.17) is 0 Å². The molecule has 0 aliphatic heterocycles. The molecule has 0 radical (unpaired) electrons. The van der Waals surface area contributed by atoms with Crippen molar-refractivity contribution in [3.05, 3.63) is 24.3 Å². The van der Waals surface area contributed by atoms with Crippen molar-refractivity contribution in [2.75, 3.05) is 12.5 Å². The maximum absolute atomic E-state index is 13.2. The maximum atomic E-state index is 13.2. The van der Waals surface area contributed by atoms with E-state index >= 15 is 0 Å². The van der Waals surface area contributed by atoms with Crippen LogP contribution in [0.4, 0.5) is 10.1 Å². The summed E-state index contributed by atoms with van der Waals surface area (Å²) in [7, 11) is 1.67. The minimum atomic E-state index is -0.314. The highest BCUT2D eigenvalue weighted by Crippen LogP contribution is 2.19. The second kappa shape index (κ2) is 3.02. The SMILES string of the molecule is CNNc1cc2nc[nH]c2cc1F. The average molecular weight is 180 g/mol. The molecule has 1 heterocycles. The van der Waals surface area contributed by atoms with Gasteiger partial charge in [-0.2, -0.15) is 0 Å². The van der Waals surface area contributed by atoms with Gasteiger partial charge in [0.15, 0.2) is 0 Å². The predicted octanol–water partition coefficient (Wildman–Crippen LogP) is 1.25. The molecule has 2 aromatic rings. The van der Waals surface area contributed by atoms with Gasteiger partial charge in [-0.15, -0.1) is 0 Å². The van der Waals surface area contributed by atoms with Gasteiger partial charge in [-0.05, 0) is 6.07 Å². The molecule has 2 rings (SSSR count). The number of hydrogen-bond donors (Lipinski definition) is 3. The zero-order valence-corrected chi connectivity index (χ0v) is 7.06. The van der Waals surface area contributed by atoms with E-state index in [1.54, 1.807) is 13.1 Å². The van der Waals surface area contributed by atoms with E-state index in [-0.39, 0.29) is 5.82 Å². The molecule has 1 aromatic carbocycles. The molecule has 68 valence electrons. The fourth-order valence-electron chi connectivity index (χ4n) is 1.19. The minimum absolute atomic E-state index is 0.314. The summed E-state index contributed by atoms with van der Waals surface area (Å²) in [5.74, 6) is -0.314. The summed E-state index contributed by atoms with van der Waals surface area (Å²) < 4.78 is 13.2. The number of aromatic amines is 1. The molecule has 0 spiro atoms. The number of rotatable bonds is 2. The standard InChI is InChI=1S/C8H9FN4/c1-10-13-6-3-8-7(2-5(6)9)11-4-12-8/h2-4,10,13H,1H3,(H,11,12). The van der Waals surface area contributed by atoms with Gasteiger partial charge in [-0.1, -0.05) is 0 Å². The molecule has 4 nitrogen and oxygen atoms in total. The van der Waals surface area contributed by atoms with Crippen LogP contribution in [-0.4, -0.2) is 17.0 Å². The molecule has 0 amide bonds. The van der Waals surface area contributed by atoms with Crippen LogP contribution in [0.3, 0.4) is 0 Å². The second-order valence-electron chi connectivity index (χ2n) is 2.63. The average Bonchev–Trinajstić information content (AvgIpc) is 2.52. The first-order valence-corrected chi connectivity index (χ1v) is 3.86. The fourth-order valence-corrected chi connectivity index (χ4v) is 1.19. The number of imidazole rings is 1. The van der Waals surface area contributed by atoms with Crippen LogP contribution in [0.2, 0.25) is 0 Å². The van der Waals surface area contributed by atoms with E-state index in [1.807, 2.05) is 0 Å². The van der Waals surface area contributed by atoms with Gasteiger partial charge >= 0.3 is 0 Å². The summed E-state index contributed by atoms with van der Waals surface area (Å²) >= 11 is 0. The van der Waals surface area contributed by atoms with Crippen LogP contribution in [0.5, 0.6) is 0 Å². The van der Waals surface area contributed by atoms with Crippen molar-refractivity contribution in [1.29, 1.82) is 0 Å². The Kier molecular flexibility index (Phi) is 1.86. The topological polar surface area (TPSA) is 52.7 Å². The molecule has 0 saturated carbocycles. The Morgan fingerprint density at radius 2 is 2.31 bits per heavy atom. The highest BCUT2D eigenvalue weighted by molar-refractivity contribution is 5.78. The highest BCUT2D eigenvalue weighted by Gasteiger charge is 2.04. The molecule has 0 bridgehead atoms. The summed E-state index contributed by atoms with van der Waals surface area (Å²) in [6.07, 6.45) is 1.53. The van der Waals surface area contributed by atoms with E-state index < -0.39 is 0 Å².